The van der Waals surface area contributed by atoms with Gasteiger partial charge in [0.2, 0.25) is 0 Å². The van der Waals surface area contributed by atoms with Crippen LogP contribution >= 0.6 is 0 Å². The molecule has 0 bridgehead atoms. The van der Waals surface area contributed by atoms with Crippen molar-refractivity contribution in [3.05, 3.63) is 29.6 Å². The third-order valence-electron chi connectivity index (χ3n) is 5.12. The van der Waals surface area contributed by atoms with Gasteiger partial charge in [-0.05, 0) is 30.6 Å². The summed E-state index contributed by atoms with van der Waals surface area (Å²) in [4.78, 5) is 12.8. The van der Waals surface area contributed by atoms with Crippen molar-refractivity contribution in [3.63, 3.8) is 0 Å². The van der Waals surface area contributed by atoms with Crippen LogP contribution in [0.4, 0.5) is 0 Å². The van der Waals surface area contributed by atoms with Gasteiger partial charge in [-0.1, -0.05) is 27.2 Å². The van der Waals surface area contributed by atoms with Gasteiger partial charge in [0.25, 0.3) is 0 Å². The summed E-state index contributed by atoms with van der Waals surface area (Å²) in [6, 6.07) is 7.06. The van der Waals surface area contributed by atoms with Crippen LogP contribution in [0.25, 0.3) is 0 Å². The average Bonchev–Trinajstić information content (AvgIpc) is 2.93. The van der Waals surface area contributed by atoms with E-state index in [0.29, 0.717) is 11.8 Å². The van der Waals surface area contributed by atoms with Crippen molar-refractivity contribution in [2.75, 3.05) is 0 Å². The van der Waals surface area contributed by atoms with Gasteiger partial charge in [0, 0.05) is 0 Å². The number of ether oxygens (including phenoxy) is 1. The summed E-state index contributed by atoms with van der Waals surface area (Å²) in [5.74, 6) is -1.11. The molecule has 3 atom stereocenters. The standard InChI is InChI=1S/C20H19N4O2.Na/c1-11(2)13-5-4-12(3)6-18(13)26-20(25)19-16(9-23)14(7-21)15(8-22)17(19)10-24;/h11-13,18H,4-6H2,1-3H3;/q;+1/t12-,13+,18-;/m1./s1. The summed E-state index contributed by atoms with van der Waals surface area (Å²) in [5, 5.41) is 37.2. The van der Waals surface area contributed by atoms with Gasteiger partial charge < -0.3 is 4.74 Å². The van der Waals surface area contributed by atoms with Crippen LogP contribution < -0.4 is 29.6 Å². The molecule has 0 spiro atoms. The maximum absolute atomic E-state index is 12.8. The van der Waals surface area contributed by atoms with Crippen molar-refractivity contribution in [2.24, 2.45) is 17.8 Å². The largest absolute Gasteiger partial charge is 1.00 e. The monoisotopic (exact) mass is 370 g/mol. The summed E-state index contributed by atoms with van der Waals surface area (Å²) < 4.78 is 5.70. The van der Waals surface area contributed by atoms with E-state index in [1.165, 1.54) is 0 Å². The summed E-state index contributed by atoms with van der Waals surface area (Å²) in [6.07, 6.45) is 2.42. The van der Waals surface area contributed by atoms with Gasteiger partial charge in [-0.3, -0.25) is 4.79 Å². The third kappa shape index (κ3) is 4.65. The zero-order valence-corrected chi connectivity index (χ0v) is 18.0. The van der Waals surface area contributed by atoms with Gasteiger partial charge in [0.05, 0.1) is 24.3 Å². The Hall–Kier alpha value is -1.57. The predicted molar refractivity (Wildman–Crippen MR) is 89.9 cm³/mol. The molecule has 0 aromatic carbocycles. The van der Waals surface area contributed by atoms with Crippen LogP contribution in [-0.2, 0) is 9.53 Å². The molecule has 0 unspecified atom stereocenters. The van der Waals surface area contributed by atoms with Crippen LogP contribution in [0.5, 0.6) is 0 Å². The quantitative estimate of drug-likeness (QED) is 0.508. The first-order valence-electron chi connectivity index (χ1n) is 8.57. The van der Waals surface area contributed by atoms with Crippen molar-refractivity contribution in [3.8, 4) is 24.3 Å². The topological polar surface area (TPSA) is 121 Å². The molecule has 7 heteroatoms. The third-order valence-corrected chi connectivity index (χ3v) is 5.12. The van der Waals surface area contributed by atoms with Crippen molar-refractivity contribution in [1.29, 1.82) is 21.0 Å². The molecule has 2 fully saturated rings. The summed E-state index contributed by atoms with van der Waals surface area (Å²) in [6.45, 7) is 6.25. The molecule has 0 aromatic rings. The van der Waals surface area contributed by atoms with E-state index in [-0.39, 0.29) is 71.2 Å². The first-order chi connectivity index (χ1) is 12.4. The zero-order chi connectivity index (χ0) is 19.4. The number of hydrogen-bond acceptors (Lipinski definition) is 6. The second-order valence-electron chi connectivity index (χ2n) is 7.09. The predicted octanol–water partition coefficient (Wildman–Crippen LogP) is -0.0252. The van der Waals surface area contributed by atoms with Gasteiger partial charge >= 0.3 is 35.5 Å². The van der Waals surface area contributed by atoms with E-state index in [1.807, 2.05) is 0 Å². The van der Waals surface area contributed by atoms with Crippen LogP contribution in [-0.4, -0.2) is 12.1 Å². The van der Waals surface area contributed by atoms with Gasteiger partial charge in [0.1, 0.15) is 35.7 Å². The van der Waals surface area contributed by atoms with Gasteiger partial charge in [0.15, 0.2) is 0 Å². The fraction of sp³-hybridized carbons (Fsp3) is 0.500. The molecule has 2 aliphatic rings. The van der Waals surface area contributed by atoms with E-state index in [0.717, 1.165) is 19.3 Å². The van der Waals surface area contributed by atoms with E-state index in [1.54, 1.807) is 24.3 Å². The number of esters is 1. The molecule has 0 N–H and O–H groups in total. The molecule has 6 nitrogen and oxygen atoms in total. The molecule has 27 heavy (non-hydrogen) atoms. The molecule has 2 aliphatic carbocycles. The molecule has 0 saturated heterocycles. The van der Waals surface area contributed by atoms with Crippen molar-refractivity contribution in [2.45, 2.75) is 46.1 Å². The Morgan fingerprint density at radius 2 is 1.44 bits per heavy atom. The molecule has 5 radical (unpaired) electrons. The Bertz CT molecular complexity index is 673. The van der Waals surface area contributed by atoms with Crippen molar-refractivity contribution in [1.82, 2.24) is 0 Å². The summed E-state index contributed by atoms with van der Waals surface area (Å²) in [5.41, 5.74) is 0. The first kappa shape index (κ1) is 23.5. The molecule has 2 saturated carbocycles. The Kier molecular flexibility index (Phi) is 8.78. The Morgan fingerprint density at radius 3 is 1.85 bits per heavy atom. The second kappa shape index (κ2) is 10.1. The fourth-order valence-electron chi connectivity index (χ4n) is 3.72. The minimum atomic E-state index is -0.805. The van der Waals surface area contributed by atoms with Crippen LogP contribution in [0, 0.1) is 92.7 Å². The fourth-order valence-corrected chi connectivity index (χ4v) is 3.72. The molecule has 131 valence electrons. The van der Waals surface area contributed by atoms with Crippen LogP contribution in [0.2, 0.25) is 0 Å². The smallest absolute Gasteiger partial charge is 0.462 e. The summed E-state index contributed by atoms with van der Waals surface area (Å²) >= 11 is 0. The minimum Gasteiger partial charge on any atom is -0.462 e. The number of nitrogens with zero attached hydrogens (tertiary/aromatic N) is 4. The Balaban J connectivity index is 0.00000364. The molecule has 0 aliphatic heterocycles. The number of rotatable bonds is 3. The molecular formula is C20H19N4NaO2+. The van der Waals surface area contributed by atoms with E-state index < -0.39 is 5.97 Å². The number of nitriles is 4. The van der Waals surface area contributed by atoms with Crippen molar-refractivity contribution >= 4 is 5.97 Å². The van der Waals surface area contributed by atoms with E-state index in [4.69, 9.17) is 4.74 Å². The molecular weight excluding hydrogens is 351 g/mol. The number of carbonyl (C=O) groups is 1. The van der Waals surface area contributed by atoms with Crippen LogP contribution in [0.1, 0.15) is 40.0 Å². The normalized spacial score (nSPS) is 27.8. The zero-order valence-electron chi connectivity index (χ0n) is 16.0. The van der Waals surface area contributed by atoms with E-state index in [9.17, 15) is 25.8 Å². The van der Waals surface area contributed by atoms with Gasteiger partial charge in [-0.15, -0.1) is 0 Å². The number of hydrogen-bond donors (Lipinski definition) is 0. The van der Waals surface area contributed by atoms with Crippen molar-refractivity contribution < 1.29 is 39.1 Å². The van der Waals surface area contributed by atoms with Crippen LogP contribution in [0.15, 0.2) is 0 Å². The summed E-state index contributed by atoms with van der Waals surface area (Å²) in [7, 11) is 0. The minimum absolute atomic E-state index is 0. The van der Waals surface area contributed by atoms with E-state index >= 15 is 0 Å². The molecule has 0 amide bonds. The SMILES string of the molecule is CC(C)[C@@H]1CC[C@@H](C)C[C@H]1OC(=O)[C]1[C](C#N)[C](C#N)[C](C#N)[C]1C#N.[Na+]. The molecule has 2 rings (SSSR count). The maximum atomic E-state index is 12.8. The second-order valence-corrected chi connectivity index (χ2v) is 7.09. The van der Waals surface area contributed by atoms with Gasteiger partial charge in [-0.2, -0.15) is 21.0 Å². The Morgan fingerprint density at radius 1 is 0.963 bits per heavy atom. The van der Waals surface area contributed by atoms with Gasteiger partial charge in [-0.25, -0.2) is 0 Å². The maximum Gasteiger partial charge on any atom is 1.00 e. The first-order valence-corrected chi connectivity index (χ1v) is 8.57. The number of carbonyl (C=O) groups excluding carboxylic acids is 1. The average molecular weight is 370 g/mol. The Labute approximate surface area is 183 Å². The van der Waals surface area contributed by atoms with E-state index in [2.05, 4.69) is 20.8 Å². The molecule has 0 aromatic heterocycles. The van der Waals surface area contributed by atoms with Crippen LogP contribution in [0.3, 0.4) is 0 Å². The molecule has 0 heterocycles.